The Bertz CT molecular complexity index is 963. The zero-order valence-corrected chi connectivity index (χ0v) is 15.8. The van der Waals surface area contributed by atoms with Gasteiger partial charge in [-0.05, 0) is 54.5 Å². The van der Waals surface area contributed by atoms with Crippen LogP contribution in [0.15, 0.2) is 42.5 Å². The number of methoxy groups -OCH3 is 1. The van der Waals surface area contributed by atoms with E-state index in [0.29, 0.717) is 15.7 Å². The molecule has 4 nitrogen and oxygen atoms in total. The maximum absolute atomic E-state index is 12.0. The van der Waals surface area contributed by atoms with Crippen LogP contribution in [0.3, 0.4) is 0 Å². The molecule has 0 fully saturated rings. The van der Waals surface area contributed by atoms with Crippen molar-refractivity contribution in [3.63, 3.8) is 0 Å². The first-order valence-electron chi connectivity index (χ1n) is 7.74. The van der Waals surface area contributed by atoms with E-state index in [4.69, 9.17) is 17.0 Å². The zero-order valence-electron chi connectivity index (χ0n) is 14.2. The number of nitrogens with one attached hydrogen (secondary N) is 2. The van der Waals surface area contributed by atoms with E-state index in [1.54, 1.807) is 0 Å². The number of thiocarbonyl (C=S) groups is 1. The van der Waals surface area contributed by atoms with E-state index in [1.165, 1.54) is 23.8 Å². The van der Waals surface area contributed by atoms with E-state index in [9.17, 15) is 4.79 Å². The van der Waals surface area contributed by atoms with Crippen molar-refractivity contribution < 1.29 is 9.53 Å². The van der Waals surface area contributed by atoms with E-state index in [1.807, 2.05) is 44.2 Å². The van der Waals surface area contributed by atoms with Gasteiger partial charge in [0.1, 0.15) is 5.00 Å². The fourth-order valence-electron chi connectivity index (χ4n) is 2.60. The molecule has 0 saturated carbocycles. The predicted octanol–water partition coefficient (Wildman–Crippen LogP) is 5.11. The highest BCUT2D eigenvalue weighted by atomic mass is 32.1. The van der Waals surface area contributed by atoms with Crippen molar-refractivity contribution in [1.82, 2.24) is 0 Å². The molecule has 2 aromatic carbocycles. The average Bonchev–Trinajstić information content (AvgIpc) is 2.87. The maximum atomic E-state index is 12.0. The van der Waals surface area contributed by atoms with E-state index in [-0.39, 0.29) is 5.97 Å². The molecule has 3 aromatic rings. The third-order valence-corrected chi connectivity index (χ3v) is 5.34. The number of rotatable bonds is 3. The third-order valence-electron chi connectivity index (χ3n) is 4.01. The Labute approximate surface area is 155 Å². The molecule has 0 amide bonds. The number of esters is 1. The molecule has 25 heavy (non-hydrogen) atoms. The van der Waals surface area contributed by atoms with Crippen LogP contribution >= 0.6 is 23.6 Å². The van der Waals surface area contributed by atoms with Crippen LogP contribution in [0.5, 0.6) is 0 Å². The van der Waals surface area contributed by atoms with Gasteiger partial charge in [-0.25, -0.2) is 4.79 Å². The number of anilines is 2. The SMILES string of the molecule is COC(=O)c1c(NC(=S)Nc2ccc3ccccc3c2)sc(C)c1C. The van der Waals surface area contributed by atoms with Crippen LogP contribution in [0.1, 0.15) is 20.8 Å². The number of aryl methyl sites for hydroxylation is 1. The molecule has 6 heteroatoms. The van der Waals surface area contributed by atoms with Crippen molar-refractivity contribution in [1.29, 1.82) is 0 Å². The number of benzene rings is 2. The van der Waals surface area contributed by atoms with Crippen molar-refractivity contribution in [2.75, 3.05) is 17.7 Å². The number of carbonyl (C=O) groups is 1. The van der Waals surface area contributed by atoms with Crippen LogP contribution in [-0.2, 0) is 4.74 Å². The second kappa shape index (κ2) is 7.21. The summed E-state index contributed by atoms with van der Waals surface area (Å²) in [5.74, 6) is -0.363. The Balaban J connectivity index is 1.80. The smallest absolute Gasteiger partial charge is 0.341 e. The lowest BCUT2D eigenvalue weighted by molar-refractivity contribution is 0.0601. The van der Waals surface area contributed by atoms with Gasteiger partial charge in [-0.15, -0.1) is 11.3 Å². The molecule has 0 aliphatic carbocycles. The number of hydrogen-bond donors (Lipinski definition) is 2. The van der Waals surface area contributed by atoms with Crippen molar-refractivity contribution in [2.45, 2.75) is 13.8 Å². The molecule has 0 atom stereocenters. The van der Waals surface area contributed by atoms with Gasteiger partial charge in [0.2, 0.25) is 0 Å². The van der Waals surface area contributed by atoms with Gasteiger partial charge in [-0.2, -0.15) is 0 Å². The van der Waals surface area contributed by atoms with Crippen LogP contribution in [0, 0.1) is 13.8 Å². The summed E-state index contributed by atoms with van der Waals surface area (Å²) in [5, 5.41) is 9.72. The first-order chi connectivity index (χ1) is 12.0. The molecule has 1 aromatic heterocycles. The van der Waals surface area contributed by atoms with Crippen LogP contribution in [0.25, 0.3) is 10.8 Å². The topological polar surface area (TPSA) is 50.4 Å². The predicted molar refractivity (Wildman–Crippen MR) is 109 cm³/mol. The largest absolute Gasteiger partial charge is 0.465 e. The lowest BCUT2D eigenvalue weighted by Gasteiger charge is -2.11. The third kappa shape index (κ3) is 3.65. The number of thiophene rings is 1. The quantitative estimate of drug-likeness (QED) is 0.495. The van der Waals surface area contributed by atoms with E-state index in [2.05, 4.69) is 22.8 Å². The van der Waals surface area contributed by atoms with Gasteiger partial charge >= 0.3 is 5.97 Å². The highest BCUT2D eigenvalue weighted by Gasteiger charge is 2.20. The van der Waals surface area contributed by atoms with Crippen LogP contribution in [0.2, 0.25) is 0 Å². The second-order valence-electron chi connectivity index (χ2n) is 5.62. The van der Waals surface area contributed by atoms with Gasteiger partial charge in [0.05, 0.1) is 12.7 Å². The Morgan fingerprint density at radius 2 is 1.80 bits per heavy atom. The molecule has 0 aliphatic rings. The van der Waals surface area contributed by atoms with E-state index in [0.717, 1.165) is 21.5 Å². The number of ether oxygens (including phenoxy) is 1. The van der Waals surface area contributed by atoms with Crippen molar-refractivity contribution in [3.05, 3.63) is 58.5 Å². The zero-order chi connectivity index (χ0) is 18.0. The summed E-state index contributed by atoms with van der Waals surface area (Å²) in [4.78, 5) is 13.1. The molecule has 0 spiro atoms. The lowest BCUT2D eigenvalue weighted by Crippen LogP contribution is -2.20. The maximum Gasteiger partial charge on any atom is 0.341 e. The second-order valence-corrected chi connectivity index (χ2v) is 7.25. The van der Waals surface area contributed by atoms with Gasteiger partial charge in [0, 0.05) is 10.6 Å². The fourth-order valence-corrected chi connectivity index (χ4v) is 3.93. The Morgan fingerprint density at radius 1 is 1.08 bits per heavy atom. The molecule has 0 radical (unpaired) electrons. The average molecular weight is 370 g/mol. The molecule has 128 valence electrons. The lowest BCUT2D eigenvalue weighted by atomic mass is 10.1. The summed E-state index contributed by atoms with van der Waals surface area (Å²) >= 11 is 6.89. The molecule has 0 bridgehead atoms. The van der Waals surface area contributed by atoms with Crippen LogP contribution in [-0.4, -0.2) is 18.2 Å². The Hall–Kier alpha value is -2.44. The summed E-state index contributed by atoms with van der Waals surface area (Å²) in [6, 6.07) is 14.2. The van der Waals surface area contributed by atoms with Gasteiger partial charge < -0.3 is 15.4 Å². The normalized spacial score (nSPS) is 10.5. The highest BCUT2D eigenvalue weighted by molar-refractivity contribution is 7.80. The summed E-state index contributed by atoms with van der Waals surface area (Å²) < 4.78 is 4.88. The van der Waals surface area contributed by atoms with Gasteiger partial charge in [-0.1, -0.05) is 30.3 Å². The van der Waals surface area contributed by atoms with Gasteiger partial charge in [0.25, 0.3) is 0 Å². The summed E-state index contributed by atoms with van der Waals surface area (Å²) in [6.07, 6.45) is 0. The van der Waals surface area contributed by atoms with Crippen molar-refractivity contribution >= 4 is 56.1 Å². The summed E-state index contributed by atoms with van der Waals surface area (Å²) in [6.45, 7) is 3.88. The molecular weight excluding hydrogens is 352 g/mol. The number of fused-ring (bicyclic) bond motifs is 1. The summed E-state index contributed by atoms with van der Waals surface area (Å²) in [7, 11) is 1.38. The number of carbonyl (C=O) groups excluding carboxylic acids is 1. The summed E-state index contributed by atoms with van der Waals surface area (Å²) in [5.41, 5.74) is 2.33. The van der Waals surface area contributed by atoms with E-state index >= 15 is 0 Å². The molecule has 2 N–H and O–H groups in total. The molecule has 3 rings (SSSR count). The van der Waals surface area contributed by atoms with Gasteiger partial charge in [-0.3, -0.25) is 0 Å². The molecule has 0 aliphatic heterocycles. The van der Waals surface area contributed by atoms with E-state index < -0.39 is 0 Å². The molecule has 0 saturated heterocycles. The standard InChI is InChI=1S/C19H18N2O2S2/c1-11-12(2)25-17(16(11)18(22)23-3)21-19(24)20-15-9-8-13-6-4-5-7-14(13)10-15/h4-10H,1-3H3,(H2,20,21,24). The highest BCUT2D eigenvalue weighted by Crippen LogP contribution is 2.33. The van der Waals surface area contributed by atoms with Crippen molar-refractivity contribution in [3.8, 4) is 0 Å². The minimum Gasteiger partial charge on any atom is -0.465 e. The first kappa shape index (κ1) is 17.4. The van der Waals surface area contributed by atoms with Gasteiger partial charge in [0.15, 0.2) is 5.11 Å². The molecular formula is C19H18N2O2S2. The van der Waals surface area contributed by atoms with Crippen molar-refractivity contribution in [2.24, 2.45) is 0 Å². The number of hydrogen-bond acceptors (Lipinski definition) is 4. The van der Waals surface area contributed by atoms with Crippen LogP contribution < -0.4 is 10.6 Å². The fraction of sp³-hybridized carbons (Fsp3) is 0.158. The minimum absolute atomic E-state index is 0.363. The molecule has 1 heterocycles. The molecule has 0 unspecified atom stereocenters. The Kier molecular flexibility index (Phi) is 5.01. The minimum atomic E-state index is -0.363. The van der Waals surface area contributed by atoms with Crippen LogP contribution in [0.4, 0.5) is 10.7 Å². The monoisotopic (exact) mass is 370 g/mol. The first-order valence-corrected chi connectivity index (χ1v) is 8.97. The Morgan fingerprint density at radius 3 is 2.52 bits per heavy atom.